The fourth-order valence-corrected chi connectivity index (χ4v) is 4.71. The Morgan fingerprint density at radius 1 is 0.595 bits per heavy atom. The molecule has 3 atom stereocenters. The smallest absolute Gasteiger partial charge is 0.409 e. The number of β-amino-alcohol motifs (C(OH)–C–C–N with tert-alkyl or cyclic N) is 3. The fourth-order valence-electron chi connectivity index (χ4n) is 4.71. The van der Waals surface area contributed by atoms with Crippen LogP contribution in [0.2, 0.25) is 0 Å². The van der Waals surface area contributed by atoms with Gasteiger partial charge in [0, 0.05) is 67.1 Å². The highest BCUT2D eigenvalue weighted by atomic mass is 16.5. The Balaban J connectivity index is 2.98. The molecule has 37 heavy (non-hydrogen) atoms. The largest absolute Gasteiger partial charge is 0.453 e. The number of amides is 1. The molecule has 1 rings (SSSR count). The molecule has 0 spiro atoms. The molecule has 0 aromatic heterocycles. The van der Waals surface area contributed by atoms with Gasteiger partial charge in [-0.3, -0.25) is 9.80 Å². The van der Waals surface area contributed by atoms with E-state index in [-0.39, 0.29) is 25.9 Å². The Morgan fingerprint density at radius 3 is 1.24 bits per heavy atom. The Morgan fingerprint density at radius 2 is 0.919 bits per heavy atom. The van der Waals surface area contributed by atoms with Gasteiger partial charge in [-0.05, 0) is 45.4 Å². The summed E-state index contributed by atoms with van der Waals surface area (Å²) in [5.41, 5.74) is 0. The second-order valence-electron chi connectivity index (χ2n) is 9.75. The molecule has 0 radical (unpaired) electrons. The molecule has 0 aliphatic carbocycles. The van der Waals surface area contributed by atoms with Crippen molar-refractivity contribution in [2.45, 2.75) is 37.6 Å². The van der Waals surface area contributed by atoms with E-state index in [1.807, 2.05) is 0 Å². The first-order valence-corrected chi connectivity index (χ1v) is 13.3. The molecular weight excluding hydrogens is 484 g/mol. The molecule has 1 aliphatic heterocycles. The first kappa shape index (κ1) is 33.9. The Labute approximate surface area is 223 Å². The van der Waals surface area contributed by atoms with E-state index in [2.05, 4.69) is 14.7 Å². The molecule has 3 N–H and O–H groups in total. The van der Waals surface area contributed by atoms with Crippen molar-refractivity contribution in [2.75, 3.05) is 120 Å². The van der Waals surface area contributed by atoms with E-state index >= 15 is 0 Å². The van der Waals surface area contributed by atoms with E-state index in [1.54, 1.807) is 26.2 Å². The van der Waals surface area contributed by atoms with Gasteiger partial charge in [-0.25, -0.2) is 4.79 Å². The number of carbonyl (C=O) groups is 1. The SMILES string of the molecule is COCC(O)CN1CCCN(CC(O)COC)CCN(CC(O)COC)CCCN(C(=O)OC)CCC1. The van der Waals surface area contributed by atoms with Gasteiger partial charge in [-0.1, -0.05) is 0 Å². The molecule has 0 bridgehead atoms. The van der Waals surface area contributed by atoms with Gasteiger partial charge in [0.15, 0.2) is 0 Å². The molecule has 0 aromatic rings. The van der Waals surface area contributed by atoms with Gasteiger partial charge in [0.1, 0.15) is 0 Å². The van der Waals surface area contributed by atoms with E-state index in [4.69, 9.17) is 18.9 Å². The summed E-state index contributed by atoms with van der Waals surface area (Å²) in [6, 6.07) is 0. The number of methoxy groups -OCH3 is 4. The summed E-state index contributed by atoms with van der Waals surface area (Å²) in [6.45, 7) is 7.75. The quantitative estimate of drug-likeness (QED) is 0.289. The molecular formula is C25H52N4O8. The van der Waals surface area contributed by atoms with Crippen molar-refractivity contribution < 1.29 is 39.1 Å². The van der Waals surface area contributed by atoms with E-state index in [1.165, 1.54) is 7.11 Å². The van der Waals surface area contributed by atoms with Gasteiger partial charge in [0.25, 0.3) is 0 Å². The highest BCUT2D eigenvalue weighted by Gasteiger charge is 2.20. The van der Waals surface area contributed by atoms with Crippen molar-refractivity contribution in [3.63, 3.8) is 0 Å². The number of ether oxygens (including phenoxy) is 4. The Bertz CT molecular complexity index is 577. The normalized spacial score (nSPS) is 21.1. The number of carbonyl (C=O) groups excluding carboxylic acids is 1. The van der Waals surface area contributed by atoms with Gasteiger partial charge < -0.3 is 44.1 Å². The predicted octanol–water partition coefficient (Wildman–Crippen LogP) is -0.833. The Kier molecular flexibility index (Phi) is 19.1. The summed E-state index contributed by atoms with van der Waals surface area (Å²) >= 11 is 0. The van der Waals surface area contributed by atoms with Gasteiger partial charge in [-0.2, -0.15) is 0 Å². The summed E-state index contributed by atoms with van der Waals surface area (Å²) in [6.07, 6.45) is 0.205. The van der Waals surface area contributed by atoms with Crippen molar-refractivity contribution in [1.29, 1.82) is 0 Å². The minimum atomic E-state index is -0.608. The number of aliphatic hydroxyl groups is 3. The predicted molar refractivity (Wildman–Crippen MR) is 141 cm³/mol. The van der Waals surface area contributed by atoms with Crippen LogP contribution in [0.25, 0.3) is 0 Å². The van der Waals surface area contributed by atoms with Crippen LogP contribution in [-0.4, -0.2) is 180 Å². The van der Waals surface area contributed by atoms with Crippen LogP contribution in [0.15, 0.2) is 0 Å². The van der Waals surface area contributed by atoms with Crippen LogP contribution in [0.3, 0.4) is 0 Å². The van der Waals surface area contributed by atoms with Crippen LogP contribution in [0.1, 0.15) is 19.3 Å². The second kappa shape index (κ2) is 20.8. The monoisotopic (exact) mass is 536 g/mol. The lowest BCUT2D eigenvalue weighted by molar-refractivity contribution is 0.0222. The summed E-state index contributed by atoms with van der Waals surface area (Å²) in [4.78, 5) is 20.7. The van der Waals surface area contributed by atoms with Crippen LogP contribution >= 0.6 is 0 Å². The van der Waals surface area contributed by atoms with Crippen molar-refractivity contribution in [3.8, 4) is 0 Å². The minimum Gasteiger partial charge on any atom is -0.453 e. The van der Waals surface area contributed by atoms with E-state index in [0.717, 1.165) is 38.9 Å². The first-order valence-electron chi connectivity index (χ1n) is 13.3. The van der Waals surface area contributed by atoms with Crippen molar-refractivity contribution >= 4 is 6.09 Å². The number of aliphatic hydroxyl groups excluding tert-OH is 3. The van der Waals surface area contributed by atoms with Crippen LogP contribution in [0, 0.1) is 0 Å². The zero-order valence-corrected chi connectivity index (χ0v) is 23.4. The zero-order valence-electron chi connectivity index (χ0n) is 23.4. The second-order valence-corrected chi connectivity index (χ2v) is 9.75. The molecule has 12 nitrogen and oxygen atoms in total. The molecule has 1 saturated heterocycles. The molecule has 0 aromatic carbocycles. The molecule has 220 valence electrons. The van der Waals surface area contributed by atoms with Crippen molar-refractivity contribution in [3.05, 3.63) is 0 Å². The average Bonchev–Trinajstić information content (AvgIpc) is 2.85. The summed E-state index contributed by atoms with van der Waals surface area (Å²) in [5, 5.41) is 31.0. The molecule has 12 heteroatoms. The van der Waals surface area contributed by atoms with Crippen LogP contribution in [-0.2, 0) is 18.9 Å². The number of hydrogen-bond acceptors (Lipinski definition) is 11. The highest BCUT2D eigenvalue weighted by molar-refractivity contribution is 5.67. The highest BCUT2D eigenvalue weighted by Crippen LogP contribution is 2.07. The third-order valence-corrected chi connectivity index (χ3v) is 6.40. The fraction of sp³-hybridized carbons (Fsp3) is 0.960. The van der Waals surface area contributed by atoms with Gasteiger partial charge in [0.2, 0.25) is 0 Å². The maximum atomic E-state index is 12.4. The molecule has 1 aliphatic rings. The Hall–Kier alpha value is -1.09. The van der Waals surface area contributed by atoms with Crippen LogP contribution < -0.4 is 0 Å². The number of rotatable bonds is 12. The summed E-state index contributed by atoms with van der Waals surface area (Å²) in [7, 11) is 6.11. The summed E-state index contributed by atoms with van der Waals surface area (Å²) < 4.78 is 20.3. The van der Waals surface area contributed by atoms with E-state index in [9.17, 15) is 20.1 Å². The van der Waals surface area contributed by atoms with Crippen LogP contribution in [0.5, 0.6) is 0 Å². The van der Waals surface area contributed by atoms with Gasteiger partial charge >= 0.3 is 6.09 Å². The summed E-state index contributed by atoms with van der Waals surface area (Å²) in [5.74, 6) is 0. The number of nitrogens with zero attached hydrogens (tertiary/aromatic N) is 4. The van der Waals surface area contributed by atoms with E-state index < -0.39 is 18.3 Å². The van der Waals surface area contributed by atoms with Gasteiger partial charge in [-0.15, -0.1) is 0 Å². The maximum absolute atomic E-state index is 12.4. The lowest BCUT2D eigenvalue weighted by Crippen LogP contribution is -2.44. The van der Waals surface area contributed by atoms with Crippen molar-refractivity contribution in [1.82, 2.24) is 19.6 Å². The standard InChI is InChI=1S/C25H52N4O8/c1-34-19-22(30)16-26-8-5-9-27(17-23(31)20-35-2)14-15-28(18-24(32)21-36-3)11-7-13-29(12-6-10-26)25(33)37-4/h22-24,30-32H,5-21H2,1-4H3. The molecule has 1 amide bonds. The van der Waals surface area contributed by atoms with E-state index in [0.29, 0.717) is 52.4 Å². The lowest BCUT2D eigenvalue weighted by atomic mass is 10.2. The van der Waals surface area contributed by atoms with Crippen molar-refractivity contribution in [2.24, 2.45) is 0 Å². The third-order valence-electron chi connectivity index (χ3n) is 6.40. The number of hydrogen-bond donors (Lipinski definition) is 3. The molecule has 1 heterocycles. The van der Waals surface area contributed by atoms with Gasteiger partial charge in [0.05, 0.1) is 45.2 Å². The first-order chi connectivity index (χ1) is 17.8. The van der Waals surface area contributed by atoms with Crippen LogP contribution in [0.4, 0.5) is 4.79 Å². The lowest BCUT2D eigenvalue weighted by Gasteiger charge is -2.31. The minimum absolute atomic E-state index is 0.256. The average molecular weight is 537 g/mol. The zero-order chi connectivity index (χ0) is 27.5. The topological polar surface area (TPSA) is 128 Å². The molecule has 1 fully saturated rings. The molecule has 3 unspecified atom stereocenters. The molecule has 0 saturated carbocycles. The maximum Gasteiger partial charge on any atom is 0.409 e. The third kappa shape index (κ3) is 15.8.